The van der Waals surface area contributed by atoms with Crippen LogP contribution in [0.4, 0.5) is 8.78 Å². The highest BCUT2D eigenvalue weighted by Crippen LogP contribution is 2.29. The predicted octanol–water partition coefficient (Wildman–Crippen LogP) is 7.00. The summed E-state index contributed by atoms with van der Waals surface area (Å²) in [4.78, 5) is 38.7. The van der Waals surface area contributed by atoms with Crippen LogP contribution in [0.2, 0.25) is 0 Å². The van der Waals surface area contributed by atoms with Gasteiger partial charge in [0.25, 0.3) is 0 Å². The van der Waals surface area contributed by atoms with Crippen LogP contribution in [0.5, 0.6) is 5.75 Å². The molecule has 274 valence electrons. The fourth-order valence-electron chi connectivity index (χ4n) is 5.40. The fraction of sp³-hybridized carbons (Fsp3) is 0.703. The van der Waals surface area contributed by atoms with Gasteiger partial charge in [0.15, 0.2) is 5.60 Å². The number of carbonyl (C=O) groups is 3. The molecule has 2 amide bonds. The number of alkyl halides is 2. The SMILES string of the molecule is CCCCCCCC(F)(F)CCCCCC/C=C/[C@H](C(=O)N[C@@H](Cc1ccc(OCCCC)cc1)C(=O)NC)[C@@](O)(CCOC)C(=O)O. The number of aliphatic carboxylic acids is 1. The first-order valence-electron chi connectivity index (χ1n) is 17.7. The summed E-state index contributed by atoms with van der Waals surface area (Å²) in [5.41, 5.74) is -1.75. The lowest BCUT2D eigenvalue weighted by Gasteiger charge is -2.31. The molecule has 0 aliphatic rings. The number of halogens is 2. The molecule has 48 heavy (non-hydrogen) atoms. The Morgan fingerprint density at radius 2 is 1.46 bits per heavy atom. The summed E-state index contributed by atoms with van der Waals surface area (Å²) < 4.78 is 39.1. The van der Waals surface area contributed by atoms with E-state index >= 15 is 0 Å². The first kappa shape index (κ1) is 43.0. The molecule has 0 spiro atoms. The quantitative estimate of drug-likeness (QED) is 0.0553. The zero-order valence-electron chi connectivity index (χ0n) is 29.5. The molecule has 0 heterocycles. The van der Waals surface area contributed by atoms with Crippen molar-refractivity contribution in [3.63, 3.8) is 0 Å². The smallest absolute Gasteiger partial charge is 0.336 e. The number of hydrogen-bond acceptors (Lipinski definition) is 6. The van der Waals surface area contributed by atoms with Crippen LogP contribution in [-0.2, 0) is 25.5 Å². The average Bonchev–Trinajstić information content (AvgIpc) is 3.06. The highest BCUT2D eigenvalue weighted by Gasteiger charge is 2.47. The maximum Gasteiger partial charge on any atom is 0.336 e. The Morgan fingerprint density at radius 3 is 2.02 bits per heavy atom. The molecule has 0 saturated carbocycles. The molecule has 0 saturated heterocycles. The van der Waals surface area contributed by atoms with Gasteiger partial charge in [-0.1, -0.05) is 83.1 Å². The number of rotatable bonds is 28. The molecule has 11 heteroatoms. The number of likely N-dealkylation sites (N-methyl/N-ethyl adjacent to an activating group) is 1. The Kier molecular flexibility index (Phi) is 21.6. The lowest BCUT2D eigenvalue weighted by Crippen LogP contribution is -2.56. The number of benzene rings is 1. The van der Waals surface area contributed by atoms with E-state index in [0.29, 0.717) is 50.9 Å². The molecular weight excluding hydrogens is 622 g/mol. The van der Waals surface area contributed by atoms with Crippen LogP contribution in [-0.4, -0.2) is 72.9 Å². The van der Waals surface area contributed by atoms with Gasteiger partial charge in [0.2, 0.25) is 17.7 Å². The number of amides is 2. The van der Waals surface area contributed by atoms with E-state index in [9.17, 15) is 33.4 Å². The highest BCUT2D eigenvalue weighted by molar-refractivity contribution is 5.93. The standard InChI is InChI=1S/C37H60F2N2O7/c1-5-7-9-13-16-23-36(38,39)24-17-14-11-10-12-15-18-31(37(46,35(44)45)25-27-47-4)33(42)41-32(34(43)40-3)28-29-19-21-30(22-20-29)48-26-8-6-2/h15,18-22,31-32,46H,5-14,16-17,23-28H2,1-4H3,(H,40,43)(H,41,42)(H,44,45)/b18-15+/t31-,32+,37+/m1/s1. The number of aliphatic hydroxyl groups is 1. The normalized spacial score (nSPS) is 14.3. The van der Waals surface area contributed by atoms with Gasteiger partial charge in [-0.15, -0.1) is 0 Å². The van der Waals surface area contributed by atoms with Gasteiger partial charge in [-0.05, 0) is 49.8 Å². The van der Waals surface area contributed by atoms with Crippen molar-refractivity contribution in [1.82, 2.24) is 10.6 Å². The molecule has 1 aromatic carbocycles. The predicted molar refractivity (Wildman–Crippen MR) is 184 cm³/mol. The number of carbonyl (C=O) groups excluding carboxylic acids is 2. The molecule has 0 fully saturated rings. The van der Waals surface area contributed by atoms with Crippen molar-refractivity contribution < 1.29 is 42.9 Å². The van der Waals surface area contributed by atoms with Crippen molar-refractivity contribution in [1.29, 1.82) is 0 Å². The summed E-state index contributed by atoms with van der Waals surface area (Å²) in [6.45, 7) is 4.64. The first-order chi connectivity index (χ1) is 22.9. The van der Waals surface area contributed by atoms with Crippen LogP contribution in [0, 0.1) is 5.92 Å². The van der Waals surface area contributed by atoms with E-state index in [1.807, 2.05) is 0 Å². The molecule has 1 aromatic rings. The number of ether oxygens (including phenoxy) is 2. The Hall–Kier alpha value is -3.05. The summed E-state index contributed by atoms with van der Waals surface area (Å²) in [5.74, 6) is -6.37. The Labute approximate surface area is 286 Å². The second kappa shape index (κ2) is 24.1. The van der Waals surface area contributed by atoms with Crippen LogP contribution >= 0.6 is 0 Å². The monoisotopic (exact) mass is 682 g/mol. The Bertz CT molecular complexity index is 1080. The maximum atomic E-state index is 14.2. The Morgan fingerprint density at radius 1 is 0.854 bits per heavy atom. The van der Waals surface area contributed by atoms with Crippen LogP contribution < -0.4 is 15.4 Å². The van der Waals surface area contributed by atoms with Gasteiger partial charge in [-0.3, -0.25) is 9.59 Å². The molecule has 0 aromatic heterocycles. The molecule has 4 N–H and O–H groups in total. The number of carboxylic acids is 1. The Balaban J connectivity index is 2.88. The van der Waals surface area contributed by atoms with Gasteiger partial charge in [0.1, 0.15) is 11.8 Å². The van der Waals surface area contributed by atoms with Gasteiger partial charge in [0.05, 0.1) is 12.5 Å². The minimum absolute atomic E-state index is 0.0698. The van der Waals surface area contributed by atoms with E-state index in [-0.39, 0.29) is 32.3 Å². The van der Waals surface area contributed by atoms with Crippen molar-refractivity contribution in [2.24, 2.45) is 5.92 Å². The molecule has 0 aliphatic carbocycles. The number of allylic oxidation sites excluding steroid dienone is 1. The van der Waals surface area contributed by atoms with E-state index in [1.165, 1.54) is 20.2 Å². The lowest BCUT2D eigenvalue weighted by molar-refractivity contribution is -0.168. The van der Waals surface area contributed by atoms with Crippen molar-refractivity contribution in [2.45, 2.75) is 134 Å². The largest absolute Gasteiger partial charge is 0.494 e. The number of methoxy groups -OCH3 is 1. The minimum Gasteiger partial charge on any atom is -0.494 e. The highest BCUT2D eigenvalue weighted by atomic mass is 19.3. The van der Waals surface area contributed by atoms with E-state index < -0.39 is 41.3 Å². The summed E-state index contributed by atoms with van der Waals surface area (Å²) in [7, 11) is 2.80. The lowest BCUT2D eigenvalue weighted by atomic mass is 9.83. The third-order valence-corrected chi connectivity index (χ3v) is 8.50. The summed E-state index contributed by atoms with van der Waals surface area (Å²) in [6.07, 6.45) is 11.9. The molecule has 3 atom stereocenters. The molecule has 0 radical (unpaired) electrons. The molecule has 9 nitrogen and oxygen atoms in total. The van der Waals surface area contributed by atoms with E-state index in [2.05, 4.69) is 24.5 Å². The summed E-state index contributed by atoms with van der Waals surface area (Å²) in [5, 5.41) is 26.4. The fourth-order valence-corrected chi connectivity index (χ4v) is 5.40. The van der Waals surface area contributed by atoms with Crippen molar-refractivity contribution >= 4 is 17.8 Å². The number of nitrogens with one attached hydrogen (secondary N) is 2. The number of unbranched alkanes of at least 4 members (excludes halogenated alkanes) is 9. The van der Waals surface area contributed by atoms with Gasteiger partial charge in [-0.2, -0.15) is 0 Å². The van der Waals surface area contributed by atoms with Gasteiger partial charge in [-0.25, -0.2) is 13.6 Å². The number of carboxylic acid groups (broad SMARTS) is 1. The van der Waals surface area contributed by atoms with Gasteiger partial charge >= 0.3 is 5.97 Å². The van der Waals surface area contributed by atoms with Crippen molar-refractivity contribution in [3.8, 4) is 5.75 Å². The van der Waals surface area contributed by atoms with Crippen molar-refractivity contribution in [3.05, 3.63) is 42.0 Å². The zero-order chi connectivity index (χ0) is 35.8. The third kappa shape index (κ3) is 16.9. The molecule has 0 aliphatic heterocycles. The molecule has 0 bridgehead atoms. The van der Waals surface area contributed by atoms with Crippen LogP contribution in [0.3, 0.4) is 0 Å². The van der Waals surface area contributed by atoms with Crippen molar-refractivity contribution in [2.75, 3.05) is 27.4 Å². The first-order valence-corrected chi connectivity index (χ1v) is 17.7. The van der Waals surface area contributed by atoms with Crippen LogP contribution in [0.15, 0.2) is 36.4 Å². The summed E-state index contributed by atoms with van der Waals surface area (Å²) >= 11 is 0. The zero-order valence-corrected chi connectivity index (χ0v) is 29.5. The molecule has 1 rings (SSSR count). The van der Waals surface area contributed by atoms with Gasteiger partial charge in [0, 0.05) is 46.4 Å². The average molecular weight is 683 g/mol. The van der Waals surface area contributed by atoms with Crippen LogP contribution in [0.1, 0.15) is 116 Å². The maximum absolute atomic E-state index is 14.2. The molecular formula is C37H60F2N2O7. The van der Waals surface area contributed by atoms with E-state index in [1.54, 1.807) is 30.3 Å². The second-order valence-electron chi connectivity index (χ2n) is 12.6. The molecule has 0 unspecified atom stereocenters. The second-order valence-corrected chi connectivity index (χ2v) is 12.6. The van der Waals surface area contributed by atoms with E-state index in [4.69, 9.17) is 9.47 Å². The van der Waals surface area contributed by atoms with Gasteiger partial charge < -0.3 is 30.3 Å². The number of hydrogen-bond donors (Lipinski definition) is 4. The third-order valence-electron chi connectivity index (χ3n) is 8.50. The topological polar surface area (TPSA) is 134 Å². The minimum atomic E-state index is -2.64. The summed E-state index contributed by atoms with van der Waals surface area (Å²) in [6, 6.07) is 6.12. The van der Waals surface area contributed by atoms with E-state index in [0.717, 1.165) is 44.1 Å². The van der Waals surface area contributed by atoms with Crippen LogP contribution in [0.25, 0.3) is 0 Å².